The van der Waals surface area contributed by atoms with Crippen molar-refractivity contribution in [2.45, 2.75) is 18.9 Å². The first kappa shape index (κ1) is 21.8. The zero-order chi connectivity index (χ0) is 23.3. The highest BCUT2D eigenvalue weighted by molar-refractivity contribution is 6.07. The number of benzene rings is 3. The first-order chi connectivity index (χ1) is 16.7. The van der Waals surface area contributed by atoms with Crippen molar-refractivity contribution in [3.8, 4) is 0 Å². The minimum Gasteiger partial charge on any atom is -0.343 e. The van der Waals surface area contributed by atoms with Gasteiger partial charge in [0.25, 0.3) is 5.91 Å². The first-order valence-corrected chi connectivity index (χ1v) is 11.7. The Morgan fingerprint density at radius 2 is 1.53 bits per heavy atom. The molecule has 1 unspecified atom stereocenters. The van der Waals surface area contributed by atoms with Gasteiger partial charge in [0.1, 0.15) is 0 Å². The number of aromatic nitrogens is 1. The number of fused-ring (bicyclic) bond motifs is 1. The summed E-state index contributed by atoms with van der Waals surface area (Å²) in [5.74, 6) is -0.0884. The highest BCUT2D eigenvalue weighted by Crippen LogP contribution is 2.26. The fourth-order valence-electron chi connectivity index (χ4n) is 4.71. The van der Waals surface area contributed by atoms with Gasteiger partial charge >= 0.3 is 0 Å². The number of hydrogen-bond acceptors (Lipinski definition) is 3. The Morgan fingerprint density at radius 3 is 2.29 bits per heavy atom. The van der Waals surface area contributed by atoms with Crippen LogP contribution < -0.4 is 5.32 Å². The molecule has 34 heavy (non-hydrogen) atoms. The van der Waals surface area contributed by atoms with E-state index in [0.717, 1.165) is 27.6 Å². The highest BCUT2D eigenvalue weighted by Gasteiger charge is 2.30. The van der Waals surface area contributed by atoms with Crippen molar-refractivity contribution in [3.05, 3.63) is 114 Å². The zero-order valence-corrected chi connectivity index (χ0v) is 18.9. The number of amides is 2. The average Bonchev–Trinajstić information content (AvgIpc) is 2.92. The van der Waals surface area contributed by atoms with Gasteiger partial charge in [0.15, 0.2) is 0 Å². The lowest BCUT2D eigenvalue weighted by atomic mass is 9.93. The van der Waals surface area contributed by atoms with E-state index in [1.165, 1.54) is 0 Å². The van der Waals surface area contributed by atoms with Gasteiger partial charge in [-0.15, -0.1) is 0 Å². The summed E-state index contributed by atoms with van der Waals surface area (Å²) >= 11 is 0. The molecule has 0 radical (unpaired) electrons. The summed E-state index contributed by atoms with van der Waals surface area (Å²) in [6, 6.07) is 29.1. The maximum Gasteiger partial charge on any atom is 0.254 e. The van der Waals surface area contributed by atoms with Crippen LogP contribution in [0.1, 0.15) is 40.5 Å². The van der Waals surface area contributed by atoms with Crippen molar-refractivity contribution in [2.24, 2.45) is 5.92 Å². The average molecular weight is 450 g/mol. The molecule has 0 aliphatic carbocycles. The molecule has 5 heteroatoms. The van der Waals surface area contributed by atoms with E-state index in [1.54, 1.807) is 6.20 Å². The van der Waals surface area contributed by atoms with Crippen molar-refractivity contribution >= 4 is 22.6 Å². The largest absolute Gasteiger partial charge is 0.343 e. The van der Waals surface area contributed by atoms with Gasteiger partial charge in [-0.1, -0.05) is 72.8 Å². The van der Waals surface area contributed by atoms with Crippen LogP contribution in [0.5, 0.6) is 0 Å². The van der Waals surface area contributed by atoms with Gasteiger partial charge < -0.3 is 10.2 Å². The minimum absolute atomic E-state index is 0.0109. The maximum absolute atomic E-state index is 13.3. The lowest BCUT2D eigenvalue weighted by Gasteiger charge is -2.32. The molecule has 3 aromatic carbocycles. The quantitative estimate of drug-likeness (QED) is 0.467. The van der Waals surface area contributed by atoms with E-state index in [-0.39, 0.29) is 23.8 Å². The zero-order valence-electron chi connectivity index (χ0n) is 18.9. The van der Waals surface area contributed by atoms with Crippen LogP contribution in [0.2, 0.25) is 0 Å². The Kier molecular flexibility index (Phi) is 6.34. The Morgan fingerprint density at radius 1 is 0.824 bits per heavy atom. The summed E-state index contributed by atoms with van der Waals surface area (Å²) < 4.78 is 0. The molecular weight excluding hydrogens is 422 g/mol. The number of hydrogen-bond donors (Lipinski definition) is 1. The summed E-state index contributed by atoms with van der Waals surface area (Å²) in [6.07, 6.45) is 3.03. The van der Waals surface area contributed by atoms with Crippen LogP contribution >= 0.6 is 0 Å². The third kappa shape index (κ3) is 4.55. The van der Waals surface area contributed by atoms with Gasteiger partial charge in [-0.3, -0.25) is 14.6 Å². The topological polar surface area (TPSA) is 62.3 Å². The van der Waals surface area contributed by atoms with Gasteiger partial charge in [-0.2, -0.15) is 0 Å². The van der Waals surface area contributed by atoms with E-state index in [2.05, 4.69) is 10.3 Å². The molecule has 1 aliphatic rings. The van der Waals surface area contributed by atoms with Crippen molar-refractivity contribution < 1.29 is 9.59 Å². The summed E-state index contributed by atoms with van der Waals surface area (Å²) in [4.78, 5) is 32.8. The van der Waals surface area contributed by atoms with Gasteiger partial charge in [-0.25, -0.2) is 0 Å². The number of carbonyl (C=O) groups is 2. The molecular formula is C29H27N3O2. The fraction of sp³-hybridized carbons (Fsp3) is 0.207. The van der Waals surface area contributed by atoms with E-state index >= 15 is 0 Å². The summed E-state index contributed by atoms with van der Waals surface area (Å²) in [5.41, 5.74) is 2.53. The Labute approximate surface area is 199 Å². The molecule has 2 heterocycles. The molecule has 1 fully saturated rings. The molecule has 1 saturated heterocycles. The van der Waals surface area contributed by atoms with Crippen LogP contribution in [0.3, 0.4) is 0 Å². The molecule has 1 atom stereocenters. The SMILES string of the molecule is O=C(NC(c1ccccc1)c1ccccn1)C1CCN(C(=O)c2cccc3ccccc23)CC1. The van der Waals surface area contributed by atoms with Crippen molar-refractivity contribution in [1.82, 2.24) is 15.2 Å². The number of rotatable bonds is 5. The van der Waals surface area contributed by atoms with Crippen LogP contribution in [0, 0.1) is 5.92 Å². The molecule has 4 aromatic rings. The summed E-state index contributed by atoms with van der Waals surface area (Å²) in [5, 5.41) is 5.24. The molecule has 0 saturated carbocycles. The summed E-state index contributed by atoms with van der Waals surface area (Å²) in [6.45, 7) is 1.14. The summed E-state index contributed by atoms with van der Waals surface area (Å²) in [7, 11) is 0. The molecule has 5 rings (SSSR count). The second-order valence-corrected chi connectivity index (χ2v) is 8.70. The van der Waals surface area contributed by atoms with E-state index < -0.39 is 0 Å². The maximum atomic E-state index is 13.3. The lowest BCUT2D eigenvalue weighted by Crippen LogP contribution is -2.44. The van der Waals surface area contributed by atoms with E-state index in [4.69, 9.17) is 0 Å². The van der Waals surface area contributed by atoms with Gasteiger partial charge in [-0.05, 0) is 47.4 Å². The number of carbonyl (C=O) groups excluding carboxylic acids is 2. The molecule has 5 nitrogen and oxygen atoms in total. The Hall–Kier alpha value is -3.99. The van der Waals surface area contributed by atoms with Crippen LogP contribution in [0.25, 0.3) is 10.8 Å². The lowest BCUT2D eigenvalue weighted by molar-refractivity contribution is -0.126. The van der Waals surface area contributed by atoms with Crippen LogP contribution in [0.4, 0.5) is 0 Å². The number of piperidine rings is 1. The van der Waals surface area contributed by atoms with Gasteiger partial charge in [0.2, 0.25) is 5.91 Å². The second kappa shape index (κ2) is 9.87. The van der Waals surface area contributed by atoms with Crippen LogP contribution in [-0.2, 0) is 4.79 Å². The number of nitrogens with one attached hydrogen (secondary N) is 1. The highest BCUT2D eigenvalue weighted by atomic mass is 16.2. The molecule has 170 valence electrons. The van der Waals surface area contributed by atoms with Crippen LogP contribution in [-0.4, -0.2) is 34.8 Å². The molecule has 1 N–H and O–H groups in total. The molecule has 0 spiro atoms. The van der Waals surface area contributed by atoms with Crippen molar-refractivity contribution in [2.75, 3.05) is 13.1 Å². The normalized spacial score (nSPS) is 15.1. The molecule has 2 amide bonds. The third-order valence-corrected chi connectivity index (χ3v) is 6.58. The number of pyridine rings is 1. The monoisotopic (exact) mass is 449 g/mol. The standard InChI is InChI=1S/C29H27N3O2/c33-28(31-27(22-10-2-1-3-11-22)26-15-6-7-18-30-26)23-16-19-32(20-17-23)29(34)25-14-8-12-21-9-4-5-13-24(21)25/h1-15,18,23,27H,16-17,19-20H2,(H,31,33). The second-order valence-electron chi connectivity index (χ2n) is 8.70. The van der Waals surface area contributed by atoms with Crippen molar-refractivity contribution in [3.63, 3.8) is 0 Å². The molecule has 1 aliphatic heterocycles. The fourth-order valence-corrected chi connectivity index (χ4v) is 4.71. The van der Waals surface area contributed by atoms with Gasteiger partial charge in [0.05, 0.1) is 11.7 Å². The van der Waals surface area contributed by atoms with E-state index in [0.29, 0.717) is 25.9 Å². The minimum atomic E-state index is -0.301. The van der Waals surface area contributed by atoms with Gasteiger partial charge in [0, 0.05) is 30.8 Å². The van der Waals surface area contributed by atoms with E-state index in [9.17, 15) is 9.59 Å². The van der Waals surface area contributed by atoms with Crippen LogP contribution in [0.15, 0.2) is 97.2 Å². The Bertz CT molecular complexity index is 1240. The number of likely N-dealkylation sites (tertiary alicyclic amines) is 1. The molecule has 0 bridgehead atoms. The third-order valence-electron chi connectivity index (χ3n) is 6.58. The number of nitrogens with zero attached hydrogens (tertiary/aromatic N) is 2. The first-order valence-electron chi connectivity index (χ1n) is 11.7. The smallest absolute Gasteiger partial charge is 0.254 e. The Balaban J connectivity index is 1.27. The predicted molar refractivity (Wildman–Crippen MR) is 133 cm³/mol. The van der Waals surface area contributed by atoms with E-state index in [1.807, 2.05) is 95.9 Å². The molecule has 1 aromatic heterocycles. The predicted octanol–water partition coefficient (Wildman–Crippen LogP) is 4.99. The van der Waals surface area contributed by atoms with Crippen molar-refractivity contribution in [1.29, 1.82) is 0 Å².